The van der Waals surface area contributed by atoms with Crippen LogP contribution in [-0.2, 0) is 9.53 Å². The maximum atomic E-state index is 13.4. The molecule has 0 aliphatic carbocycles. The van der Waals surface area contributed by atoms with Crippen LogP contribution >= 0.6 is 11.6 Å². The molecule has 0 radical (unpaired) electrons. The maximum absolute atomic E-state index is 13.4. The van der Waals surface area contributed by atoms with Gasteiger partial charge in [0.1, 0.15) is 6.10 Å². The zero-order valence-electron chi connectivity index (χ0n) is 25.8. The molecule has 2 aromatic rings. The third-order valence-electron chi connectivity index (χ3n) is 9.18. The Hall–Kier alpha value is -3.30. The molecule has 3 saturated heterocycles. The Labute approximate surface area is 260 Å². The predicted octanol–water partition coefficient (Wildman–Crippen LogP) is 4.76. The lowest BCUT2D eigenvalue weighted by Crippen LogP contribution is -2.43. The van der Waals surface area contributed by atoms with E-state index >= 15 is 0 Å². The number of ether oxygens (including phenoxy) is 1. The van der Waals surface area contributed by atoms with E-state index in [0.29, 0.717) is 49.3 Å². The van der Waals surface area contributed by atoms with Crippen LogP contribution in [0, 0.1) is 18.8 Å². The Balaban J connectivity index is 1.13. The highest BCUT2D eigenvalue weighted by Crippen LogP contribution is 2.32. The number of fused-ring (bicyclic) bond motifs is 1. The molecule has 9 nitrogen and oxygen atoms in total. The number of piperidine rings is 1. The van der Waals surface area contributed by atoms with Gasteiger partial charge in [-0.1, -0.05) is 17.7 Å². The van der Waals surface area contributed by atoms with Crippen molar-refractivity contribution in [3.8, 4) is 0 Å². The molecule has 10 heteroatoms. The van der Waals surface area contributed by atoms with Gasteiger partial charge in [0.2, 0.25) is 5.91 Å². The second kappa shape index (κ2) is 13.6. The van der Waals surface area contributed by atoms with E-state index in [-0.39, 0.29) is 24.0 Å². The topological polar surface area (TPSA) is 76.6 Å². The first-order valence-electron chi connectivity index (χ1n) is 15.4. The summed E-state index contributed by atoms with van der Waals surface area (Å²) in [5.74, 6) is 1.12. The third kappa shape index (κ3) is 7.44. The number of nitrogens with zero attached hydrogens (tertiary/aromatic N) is 5. The highest BCUT2D eigenvalue weighted by Gasteiger charge is 2.41. The fourth-order valence-corrected chi connectivity index (χ4v) is 6.72. The van der Waals surface area contributed by atoms with Gasteiger partial charge < -0.3 is 24.3 Å². The summed E-state index contributed by atoms with van der Waals surface area (Å²) in [5.41, 5.74) is 3.51. The minimum atomic E-state index is -0.368. The first-order chi connectivity index (χ1) is 20.6. The van der Waals surface area contributed by atoms with E-state index in [1.807, 2.05) is 73.3 Å². The van der Waals surface area contributed by atoms with Crippen molar-refractivity contribution in [1.29, 1.82) is 0 Å². The van der Waals surface area contributed by atoms with Crippen molar-refractivity contribution in [2.75, 3.05) is 76.3 Å². The molecule has 0 saturated carbocycles. The second-order valence-electron chi connectivity index (χ2n) is 12.5. The molecule has 3 aliphatic heterocycles. The lowest BCUT2D eigenvalue weighted by Gasteiger charge is -2.32. The van der Waals surface area contributed by atoms with Crippen LogP contribution in [0.2, 0.25) is 5.02 Å². The van der Waals surface area contributed by atoms with Gasteiger partial charge in [-0.15, -0.1) is 0 Å². The molecule has 3 heterocycles. The van der Waals surface area contributed by atoms with Crippen molar-refractivity contribution in [2.45, 2.75) is 39.2 Å². The first-order valence-corrected chi connectivity index (χ1v) is 15.8. The van der Waals surface area contributed by atoms with Crippen molar-refractivity contribution >= 4 is 40.9 Å². The smallest absolute Gasteiger partial charge is 0.414 e. The van der Waals surface area contributed by atoms with E-state index in [4.69, 9.17) is 16.3 Å². The number of rotatable bonds is 8. The monoisotopic (exact) mass is 609 g/mol. The van der Waals surface area contributed by atoms with Gasteiger partial charge in [0.15, 0.2) is 0 Å². The van der Waals surface area contributed by atoms with Crippen molar-refractivity contribution in [3.63, 3.8) is 0 Å². The summed E-state index contributed by atoms with van der Waals surface area (Å²) in [7, 11) is 3.99. The number of carbonyl (C=O) groups is 3. The molecule has 232 valence electrons. The van der Waals surface area contributed by atoms with Crippen molar-refractivity contribution in [2.24, 2.45) is 11.8 Å². The minimum absolute atomic E-state index is 0.0565. The van der Waals surface area contributed by atoms with Crippen LogP contribution in [0.4, 0.5) is 16.2 Å². The number of hydrogen-bond donors (Lipinski definition) is 0. The van der Waals surface area contributed by atoms with Crippen molar-refractivity contribution in [3.05, 3.63) is 58.6 Å². The first kappa shape index (κ1) is 31.1. The van der Waals surface area contributed by atoms with E-state index in [1.54, 1.807) is 16.7 Å². The number of aryl methyl sites for hydroxylation is 1. The van der Waals surface area contributed by atoms with E-state index in [9.17, 15) is 14.4 Å². The molecule has 2 atom stereocenters. The van der Waals surface area contributed by atoms with Gasteiger partial charge in [0.05, 0.1) is 0 Å². The van der Waals surface area contributed by atoms with Crippen LogP contribution in [0.15, 0.2) is 42.5 Å². The fraction of sp³-hybridized carbons (Fsp3) is 0.545. The lowest BCUT2D eigenvalue weighted by atomic mass is 10.0. The highest BCUT2D eigenvalue weighted by atomic mass is 35.5. The molecule has 3 amide bonds. The molecular weight excluding hydrogens is 566 g/mol. The van der Waals surface area contributed by atoms with Crippen LogP contribution < -0.4 is 9.80 Å². The largest absolute Gasteiger partial charge is 0.446 e. The summed E-state index contributed by atoms with van der Waals surface area (Å²) in [5, 5.41) is 0.616. The van der Waals surface area contributed by atoms with Crippen molar-refractivity contribution < 1.29 is 19.1 Å². The predicted molar refractivity (Wildman–Crippen MR) is 170 cm³/mol. The molecule has 43 heavy (non-hydrogen) atoms. The molecule has 2 unspecified atom stereocenters. The molecule has 0 spiro atoms. The molecule has 0 aromatic heterocycles. The normalized spacial score (nSPS) is 20.7. The lowest BCUT2D eigenvalue weighted by molar-refractivity contribution is -0.130. The number of benzene rings is 2. The van der Waals surface area contributed by atoms with Crippen LogP contribution in [-0.4, -0.2) is 105 Å². The van der Waals surface area contributed by atoms with E-state index in [1.165, 1.54) is 0 Å². The number of amides is 3. The van der Waals surface area contributed by atoms with Crippen LogP contribution in [0.1, 0.15) is 42.1 Å². The van der Waals surface area contributed by atoms with Crippen LogP contribution in [0.5, 0.6) is 0 Å². The van der Waals surface area contributed by atoms with Gasteiger partial charge in [-0.05, 0) is 73.7 Å². The zero-order valence-corrected chi connectivity index (χ0v) is 26.6. The van der Waals surface area contributed by atoms with E-state index < -0.39 is 0 Å². The van der Waals surface area contributed by atoms with Gasteiger partial charge in [0, 0.05) is 102 Å². The Kier molecular flexibility index (Phi) is 9.82. The molecule has 3 fully saturated rings. The van der Waals surface area contributed by atoms with E-state index in [0.717, 1.165) is 61.6 Å². The number of halogens is 1. The molecule has 3 aliphatic rings. The van der Waals surface area contributed by atoms with Crippen LogP contribution in [0.3, 0.4) is 0 Å². The Bertz CT molecular complexity index is 1300. The highest BCUT2D eigenvalue weighted by molar-refractivity contribution is 6.31. The Morgan fingerprint density at radius 3 is 2.12 bits per heavy atom. The van der Waals surface area contributed by atoms with Gasteiger partial charge >= 0.3 is 6.09 Å². The molecular formula is C33H44ClN5O4. The summed E-state index contributed by atoms with van der Waals surface area (Å²) in [6, 6.07) is 13.5. The van der Waals surface area contributed by atoms with Crippen LogP contribution in [0.25, 0.3) is 0 Å². The summed E-state index contributed by atoms with van der Waals surface area (Å²) >= 11 is 6.43. The molecule has 5 rings (SSSR count). The van der Waals surface area contributed by atoms with Gasteiger partial charge in [-0.25, -0.2) is 4.79 Å². The van der Waals surface area contributed by atoms with E-state index in [2.05, 4.69) is 4.90 Å². The number of anilines is 2. The van der Waals surface area contributed by atoms with Crippen molar-refractivity contribution in [1.82, 2.24) is 14.7 Å². The maximum Gasteiger partial charge on any atom is 0.414 e. The average Bonchev–Trinajstić information content (AvgIpc) is 3.56. The Morgan fingerprint density at radius 1 is 0.907 bits per heavy atom. The quantitative estimate of drug-likeness (QED) is 0.430. The van der Waals surface area contributed by atoms with Gasteiger partial charge in [0.25, 0.3) is 5.91 Å². The minimum Gasteiger partial charge on any atom is -0.446 e. The fourth-order valence-electron chi connectivity index (χ4n) is 6.55. The summed E-state index contributed by atoms with van der Waals surface area (Å²) in [6.07, 6.45) is 1.51. The Morgan fingerprint density at radius 2 is 1.53 bits per heavy atom. The third-order valence-corrected chi connectivity index (χ3v) is 9.59. The van der Waals surface area contributed by atoms with Gasteiger partial charge in [-0.3, -0.25) is 14.5 Å². The zero-order chi connectivity index (χ0) is 30.7. The second-order valence-corrected chi connectivity index (χ2v) is 12.9. The summed E-state index contributed by atoms with van der Waals surface area (Å²) in [4.78, 5) is 48.2. The number of carbonyl (C=O) groups excluding carboxylic acids is 3. The molecule has 2 aromatic carbocycles. The SMILES string of the molecule is CC(=O)N1CCC(OC(=O)N(CCCN2CC3CN(C(=O)c4ccc(N(C)C)cc4)CC3C2)c2ccc(C)c(Cl)c2)CC1. The standard InChI is InChI=1S/C33H44ClN5O4/c1-23-6-9-29(18-31(23)34)39(33(42)43-30-12-16-37(17-13-30)24(2)40)15-5-14-36-19-26-21-38(22-27(26)20-36)32(41)25-7-10-28(11-8-25)35(3)4/h6-11,18,26-27,30H,5,12-17,19-22H2,1-4H3. The average molecular weight is 610 g/mol. The number of likely N-dealkylation sites (tertiary alicyclic amines) is 3. The summed E-state index contributed by atoms with van der Waals surface area (Å²) < 4.78 is 5.93. The summed E-state index contributed by atoms with van der Waals surface area (Å²) in [6.45, 7) is 9.61. The van der Waals surface area contributed by atoms with Gasteiger partial charge in [-0.2, -0.15) is 0 Å². The molecule has 0 N–H and O–H groups in total. The molecule has 0 bridgehead atoms. The number of hydrogen-bond acceptors (Lipinski definition) is 6.